The number of nitrogens with two attached hydrogens (primary N) is 1. The summed E-state index contributed by atoms with van der Waals surface area (Å²) in [6.45, 7) is 0.600. The minimum absolute atomic E-state index is 0.600. The highest BCUT2D eigenvalue weighted by molar-refractivity contribution is 5.86. The van der Waals surface area contributed by atoms with E-state index >= 15 is 0 Å². The van der Waals surface area contributed by atoms with Gasteiger partial charge >= 0.3 is 0 Å². The summed E-state index contributed by atoms with van der Waals surface area (Å²) in [7, 11) is 2.02. The van der Waals surface area contributed by atoms with Crippen molar-refractivity contribution in [1.82, 2.24) is 9.78 Å². The molecule has 0 amide bonds. The predicted molar refractivity (Wildman–Crippen MR) is 65.2 cm³/mol. The molecule has 0 bridgehead atoms. The lowest BCUT2D eigenvalue weighted by molar-refractivity contribution is 0.410. The summed E-state index contributed by atoms with van der Waals surface area (Å²) >= 11 is 0. The van der Waals surface area contributed by atoms with Crippen LogP contribution in [0.25, 0.3) is 10.9 Å². The second kappa shape index (κ2) is 3.59. The first-order valence-electron chi connectivity index (χ1n) is 5.96. The van der Waals surface area contributed by atoms with Crippen LogP contribution in [0.3, 0.4) is 0 Å². The third kappa shape index (κ3) is 1.28. The van der Waals surface area contributed by atoms with Gasteiger partial charge in [-0.15, -0.1) is 0 Å². The van der Waals surface area contributed by atoms with Gasteiger partial charge in [-0.3, -0.25) is 4.68 Å². The molecule has 0 atom stereocenters. The maximum atomic E-state index is 5.82. The highest BCUT2D eigenvalue weighted by atomic mass is 15.3. The van der Waals surface area contributed by atoms with Gasteiger partial charge in [0.2, 0.25) is 0 Å². The van der Waals surface area contributed by atoms with E-state index in [1.54, 1.807) is 0 Å². The summed E-state index contributed by atoms with van der Waals surface area (Å²) in [4.78, 5) is 0. The Labute approximate surface area is 95.2 Å². The number of aryl methyl sites for hydroxylation is 1. The van der Waals surface area contributed by atoms with E-state index in [1.165, 1.54) is 41.4 Å². The van der Waals surface area contributed by atoms with Gasteiger partial charge in [-0.2, -0.15) is 5.10 Å². The molecule has 84 valence electrons. The Morgan fingerprint density at radius 3 is 2.88 bits per heavy atom. The van der Waals surface area contributed by atoms with Crippen LogP contribution in [-0.2, 0) is 13.6 Å². The fourth-order valence-electron chi connectivity index (χ4n) is 2.56. The minimum Gasteiger partial charge on any atom is -0.326 e. The van der Waals surface area contributed by atoms with Gasteiger partial charge in [-0.05, 0) is 24.5 Å². The monoisotopic (exact) mass is 215 g/mol. The summed E-state index contributed by atoms with van der Waals surface area (Å²) in [5.74, 6) is 0.663. The van der Waals surface area contributed by atoms with E-state index in [-0.39, 0.29) is 0 Å². The van der Waals surface area contributed by atoms with Crippen molar-refractivity contribution in [3.05, 3.63) is 29.5 Å². The molecule has 0 saturated heterocycles. The van der Waals surface area contributed by atoms with Crippen molar-refractivity contribution in [1.29, 1.82) is 0 Å². The zero-order chi connectivity index (χ0) is 11.1. The molecular formula is C13H17N3. The van der Waals surface area contributed by atoms with Gasteiger partial charge in [-0.25, -0.2) is 0 Å². The maximum Gasteiger partial charge on any atom is 0.0737 e. The molecule has 1 aliphatic carbocycles. The quantitative estimate of drug-likeness (QED) is 0.835. The zero-order valence-electron chi connectivity index (χ0n) is 9.61. The Morgan fingerprint density at radius 2 is 2.25 bits per heavy atom. The Bertz CT molecular complexity index is 523. The molecule has 3 heteroatoms. The van der Waals surface area contributed by atoms with Gasteiger partial charge in [0.15, 0.2) is 0 Å². The second-order valence-corrected chi connectivity index (χ2v) is 4.65. The van der Waals surface area contributed by atoms with Crippen LogP contribution in [-0.4, -0.2) is 9.78 Å². The number of nitrogens with zero attached hydrogens (tertiary/aromatic N) is 2. The van der Waals surface area contributed by atoms with Crippen molar-refractivity contribution in [3.8, 4) is 0 Å². The Balaban J connectivity index is 2.26. The normalized spacial score (nSPS) is 16.6. The summed E-state index contributed by atoms with van der Waals surface area (Å²) in [6, 6.07) is 6.31. The van der Waals surface area contributed by atoms with Gasteiger partial charge < -0.3 is 5.73 Å². The van der Waals surface area contributed by atoms with Crippen LogP contribution in [0, 0.1) is 0 Å². The largest absolute Gasteiger partial charge is 0.326 e. The van der Waals surface area contributed by atoms with E-state index in [1.807, 2.05) is 11.7 Å². The lowest BCUT2D eigenvalue weighted by Gasteiger charge is -2.24. The fraction of sp³-hybridized carbons (Fsp3) is 0.462. The molecular weight excluding hydrogens is 198 g/mol. The molecule has 2 aromatic rings. The second-order valence-electron chi connectivity index (χ2n) is 4.65. The van der Waals surface area contributed by atoms with E-state index < -0.39 is 0 Å². The van der Waals surface area contributed by atoms with Crippen molar-refractivity contribution < 1.29 is 0 Å². The highest BCUT2D eigenvalue weighted by Crippen LogP contribution is 2.39. The van der Waals surface area contributed by atoms with Crippen molar-refractivity contribution in [2.75, 3.05) is 0 Å². The molecule has 2 N–H and O–H groups in total. The molecule has 16 heavy (non-hydrogen) atoms. The zero-order valence-corrected chi connectivity index (χ0v) is 9.61. The maximum absolute atomic E-state index is 5.82. The molecule has 0 aliphatic heterocycles. The molecule has 1 aromatic heterocycles. The van der Waals surface area contributed by atoms with Crippen molar-refractivity contribution >= 4 is 10.9 Å². The van der Waals surface area contributed by atoms with Crippen LogP contribution in [0.1, 0.15) is 36.4 Å². The topological polar surface area (TPSA) is 43.8 Å². The first kappa shape index (κ1) is 9.85. The molecule has 3 nitrogen and oxygen atoms in total. The van der Waals surface area contributed by atoms with Crippen LogP contribution in [0.15, 0.2) is 18.2 Å². The van der Waals surface area contributed by atoms with E-state index in [0.29, 0.717) is 12.5 Å². The number of hydrogen-bond donors (Lipinski definition) is 1. The lowest BCUT2D eigenvalue weighted by atomic mass is 9.81. The number of rotatable bonds is 2. The number of hydrogen-bond acceptors (Lipinski definition) is 2. The smallest absolute Gasteiger partial charge is 0.0737 e. The van der Waals surface area contributed by atoms with Crippen LogP contribution in [0.4, 0.5) is 0 Å². The molecule has 1 heterocycles. The molecule has 1 aliphatic rings. The first-order valence-corrected chi connectivity index (χ1v) is 5.96. The van der Waals surface area contributed by atoms with Gasteiger partial charge in [0.1, 0.15) is 0 Å². The van der Waals surface area contributed by atoms with E-state index in [4.69, 9.17) is 5.73 Å². The van der Waals surface area contributed by atoms with Gasteiger partial charge in [0.25, 0.3) is 0 Å². The minimum atomic E-state index is 0.600. The number of fused-ring (bicyclic) bond motifs is 1. The van der Waals surface area contributed by atoms with Gasteiger partial charge in [0, 0.05) is 24.9 Å². The highest BCUT2D eigenvalue weighted by Gasteiger charge is 2.25. The summed E-state index contributed by atoms with van der Waals surface area (Å²) in [5, 5.41) is 5.98. The van der Waals surface area contributed by atoms with Gasteiger partial charge in [-0.1, -0.05) is 18.6 Å². The van der Waals surface area contributed by atoms with Crippen molar-refractivity contribution in [2.24, 2.45) is 12.8 Å². The Hall–Kier alpha value is -1.35. The van der Waals surface area contributed by atoms with Crippen LogP contribution in [0.2, 0.25) is 0 Å². The Kier molecular flexibility index (Phi) is 2.21. The molecule has 0 spiro atoms. The standard InChI is InChI=1S/C13H17N3/c1-16-11-7-3-6-10(8-14)12(11)13(15-16)9-4-2-5-9/h3,6-7,9H,2,4-5,8,14H2,1H3. The first-order chi connectivity index (χ1) is 7.81. The predicted octanol–water partition coefficient (Wildman–Crippen LogP) is 2.30. The number of aromatic nitrogens is 2. The third-order valence-electron chi connectivity index (χ3n) is 3.70. The van der Waals surface area contributed by atoms with Crippen molar-refractivity contribution in [2.45, 2.75) is 31.7 Å². The molecule has 3 rings (SSSR count). The Morgan fingerprint density at radius 1 is 1.44 bits per heavy atom. The van der Waals surface area contributed by atoms with E-state index in [0.717, 1.165) is 0 Å². The molecule has 0 unspecified atom stereocenters. The SMILES string of the molecule is Cn1nc(C2CCC2)c2c(CN)cccc21. The molecule has 1 saturated carbocycles. The van der Waals surface area contributed by atoms with Crippen LogP contribution < -0.4 is 5.73 Å². The van der Waals surface area contributed by atoms with Crippen molar-refractivity contribution in [3.63, 3.8) is 0 Å². The summed E-state index contributed by atoms with van der Waals surface area (Å²) in [5.41, 5.74) is 9.53. The lowest BCUT2D eigenvalue weighted by Crippen LogP contribution is -2.10. The van der Waals surface area contributed by atoms with Crippen LogP contribution in [0.5, 0.6) is 0 Å². The average molecular weight is 215 g/mol. The van der Waals surface area contributed by atoms with Crippen LogP contribution >= 0.6 is 0 Å². The average Bonchev–Trinajstić information content (AvgIpc) is 2.54. The summed E-state index contributed by atoms with van der Waals surface area (Å²) < 4.78 is 1.99. The fourth-order valence-corrected chi connectivity index (χ4v) is 2.56. The summed E-state index contributed by atoms with van der Waals surface area (Å²) in [6.07, 6.45) is 3.91. The molecule has 1 fully saturated rings. The number of benzene rings is 1. The third-order valence-corrected chi connectivity index (χ3v) is 3.70. The molecule has 1 aromatic carbocycles. The van der Waals surface area contributed by atoms with E-state index in [9.17, 15) is 0 Å². The molecule has 0 radical (unpaired) electrons. The van der Waals surface area contributed by atoms with Gasteiger partial charge in [0.05, 0.1) is 11.2 Å². The van der Waals surface area contributed by atoms with E-state index in [2.05, 4.69) is 23.3 Å².